The molecule has 0 saturated heterocycles. The van der Waals surface area contributed by atoms with Gasteiger partial charge >= 0.3 is 5.97 Å². The number of aliphatic hydroxyl groups is 1. The fourth-order valence-corrected chi connectivity index (χ4v) is 1.59. The van der Waals surface area contributed by atoms with Gasteiger partial charge in [0.25, 0.3) is 0 Å². The summed E-state index contributed by atoms with van der Waals surface area (Å²) in [5, 5.41) is 11.5. The third kappa shape index (κ3) is 5.41. The molecule has 0 aliphatic heterocycles. The van der Waals surface area contributed by atoms with Gasteiger partial charge in [-0.05, 0) is 25.1 Å². The lowest BCUT2D eigenvalue weighted by molar-refractivity contribution is -0.116. The first kappa shape index (κ1) is 16.9. The molecule has 7 nitrogen and oxygen atoms in total. The van der Waals surface area contributed by atoms with Gasteiger partial charge in [-0.15, -0.1) is 0 Å². The van der Waals surface area contributed by atoms with Gasteiger partial charge in [0.2, 0.25) is 5.91 Å². The number of rotatable bonds is 8. The second kappa shape index (κ2) is 8.93. The van der Waals surface area contributed by atoms with Crippen molar-refractivity contribution in [1.29, 1.82) is 0 Å². The highest BCUT2D eigenvalue weighted by molar-refractivity contribution is 5.95. The molecule has 0 atom stereocenters. The number of hydrogen-bond acceptors (Lipinski definition) is 6. The molecule has 0 aromatic heterocycles. The molecule has 7 heteroatoms. The van der Waals surface area contributed by atoms with Crippen molar-refractivity contribution in [3.05, 3.63) is 23.8 Å². The van der Waals surface area contributed by atoms with Gasteiger partial charge in [-0.3, -0.25) is 4.79 Å². The average Bonchev–Trinajstić information content (AvgIpc) is 2.46. The first-order valence-electron chi connectivity index (χ1n) is 6.67. The number of hydrogen-bond donors (Lipinski definition) is 3. The Balaban J connectivity index is 2.95. The second-order valence-corrected chi connectivity index (χ2v) is 4.09. The highest BCUT2D eigenvalue weighted by Gasteiger charge is 2.13. The minimum atomic E-state index is -0.480. The number of anilines is 1. The lowest BCUT2D eigenvalue weighted by Crippen LogP contribution is -2.17. The van der Waals surface area contributed by atoms with Gasteiger partial charge in [-0.25, -0.2) is 4.79 Å². The zero-order valence-corrected chi connectivity index (χ0v) is 11.9. The van der Waals surface area contributed by atoms with Gasteiger partial charge in [0.1, 0.15) is 12.4 Å². The predicted octanol–water partition coefficient (Wildman–Crippen LogP) is 0.522. The standard InChI is InChI=1S/C14H20N2O5/c1-2-20-14(19)10-3-4-11(16-13(18)5-6-15)12(9-10)21-8-7-17/h3-4,9,17H,2,5-8,15H2,1H3,(H,16,18). The zero-order valence-electron chi connectivity index (χ0n) is 11.9. The summed E-state index contributed by atoms with van der Waals surface area (Å²) in [5.41, 5.74) is 6.03. The number of esters is 1. The highest BCUT2D eigenvalue weighted by Crippen LogP contribution is 2.26. The van der Waals surface area contributed by atoms with E-state index in [1.54, 1.807) is 13.0 Å². The number of benzene rings is 1. The summed E-state index contributed by atoms with van der Waals surface area (Å²) in [4.78, 5) is 23.2. The van der Waals surface area contributed by atoms with E-state index in [1.165, 1.54) is 12.1 Å². The van der Waals surface area contributed by atoms with Gasteiger partial charge in [-0.2, -0.15) is 0 Å². The lowest BCUT2D eigenvalue weighted by Gasteiger charge is -2.13. The second-order valence-electron chi connectivity index (χ2n) is 4.09. The number of aliphatic hydroxyl groups excluding tert-OH is 1. The van der Waals surface area contributed by atoms with E-state index in [0.29, 0.717) is 17.0 Å². The Morgan fingerprint density at radius 1 is 1.38 bits per heavy atom. The van der Waals surface area contributed by atoms with Gasteiger partial charge in [0.15, 0.2) is 0 Å². The van der Waals surface area contributed by atoms with E-state index in [2.05, 4.69) is 5.32 Å². The fourth-order valence-electron chi connectivity index (χ4n) is 1.59. The smallest absolute Gasteiger partial charge is 0.338 e. The molecule has 116 valence electrons. The number of amides is 1. The van der Waals surface area contributed by atoms with Crippen LogP contribution < -0.4 is 15.8 Å². The molecule has 4 N–H and O–H groups in total. The number of nitrogens with two attached hydrogens (primary N) is 1. The Bertz CT molecular complexity index is 490. The van der Waals surface area contributed by atoms with Crippen molar-refractivity contribution >= 4 is 17.6 Å². The van der Waals surface area contributed by atoms with Gasteiger partial charge < -0.3 is 25.6 Å². The molecule has 0 radical (unpaired) electrons. The Labute approximate surface area is 123 Å². The Kier molecular flexibility index (Phi) is 7.20. The maximum atomic E-state index is 11.7. The van der Waals surface area contributed by atoms with Crippen molar-refractivity contribution < 1.29 is 24.2 Å². The van der Waals surface area contributed by atoms with Crippen LogP contribution in [-0.4, -0.2) is 43.3 Å². The molecular formula is C14H20N2O5. The van der Waals surface area contributed by atoms with Crippen LogP contribution >= 0.6 is 0 Å². The zero-order chi connectivity index (χ0) is 15.7. The molecule has 0 saturated carbocycles. The van der Waals surface area contributed by atoms with E-state index in [4.69, 9.17) is 20.3 Å². The summed E-state index contributed by atoms with van der Waals surface area (Å²) in [6.07, 6.45) is 0.180. The van der Waals surface area contributed by atoms with Crippen LogP contribution in [0.5, 0.6) is 5.75 Å². The van der Waals surface area contributed by atoms with Crippen molar-refractivity contribution in [2.75, 3.05) is 31.7 Å². The first-order chi connectivity index (χ1) is 10.1. The van der Waals surface area contributed by atoms with Gasteiger partial charge in [0.05, 0.1) is 24.5 Å². The molecule has 0 aliphatic carbocycles. The van der Waals surface area contributed by atoms with Crippen LogP contribution in [0.1, 0.15) is 23.7 Å². The van der Waals surface area contributed by atoms with Crippen LogP contribution in [0.2, 0.25) is 0 Å². The van der Waals surface area contributed by atoms with Gasteiger partial charge in [-0.1, -0.05) is 0 Å². The van der Waals surface area contributed by atoms with E-state index < -0.39 is 5.97 Å². The van der Waals surface area contributed by atoms with Crippen LogP contribution in [0.4, 0.5) is 5.69 Å². The molecule has 1 amide bonds. The SMILES string of the molecule is CCOC(=O)c1ccc(NC(=O)CCN)c(OCCO)c1. The monoisotopic (exact) mass is 296 g/mol. The van der Waals surface area contributed by atoms with Crippen molar-refractivity contribution in [2.45, 2.75) is 13.3 Å². The van der Waals surface area contributed by atoms with Crippen LogP contribution in [-0.2, 0) is 9.53 Å². The molecule has 0 aliphatic rings. The third-order valence-electron chi connectivity index (χ3n) is 2.49. The summed E-state index contributed by atoms with van der Waals surface area (Å²) in [6.45, 7) is 2.08. The molecule has 0 fully saturated rings. The molecule has 21 heavy (non-hydrogen) atoms. The molecular weight excluding hydrogens is 276 g/mol. The minimum absolute atomic E-state index is 0.0477. The summed E-state index contributed by atoms with van der Waals surface area (Å²) in [7, 11) is 0. The van der Waals surface area contributed by atoms with Gasteiger partial charge in [0, 0.05) is 13.0 Å². The highest BCUT2D eigenvalue weighted by atomic mass is 16.5. The molecule has 0 spiro atoms. The predicted molar refractivity (Wildman–Crippen MR) is 77.3 cm³/mol. The summed E-state index contributed by atoms with van der Waals surface area (Å²) < 4.78 is 10.2. The van der Waals surface area contributed by atoms with Crippen LogP contribution in [0.15, 0.2) is 18.2 Å². The van der Waals surface area contributed by atoms with Crippen LogP contribution in [0.3, 0.4) is 0 Å². The topological polar surface area (TPSA) is 111 Å². The number of nitrogens with one attached hydrogen (secondary N) is 1. The van der Waals surface area contributed by atoms with E-state index in [0.717, 1.165) is 0 Å². The van der Waals surface area contributed by atoms with Crippen LogP contribution in [0.25, 0.3) is 0 Å². The quantitative estimate of drug-likeness (QED) is 0.603. The Morgan fingerprint density at radius 3 is 2.76 bits per heavy atom. The van der Waals surface area contributed by atoms with Crippen LogP contribution in [0, 0.1) is 0 Å². The average molecular weight is 296 g/mol. The maximum Gasteiger partial charge on any atom is 0.338 e. The van der Waals surface area contributed by atoms with E-state index in [9.17, 15) is 9.59 Å². The lowest BCUT2D eigenvalue weighted by atomic mass is 10.2. The minimum Gasteiger partial charge on any atom is -0.489 e. The Morgan fingerprint density at radius 2 is 2.14 bits per heavy atom. The first-order valence-corrected chi connectivity index (χ1v) is 6.67. The normalized spacial score (nSPS) is 10.0. The largest absolute Gasteiger partial charge is 0.489 e. The molecule has 0 heterocycles. The third-order valence-corrected chi connectivity index (χ3v) is 2.49. The molecule has 1 aromatic rings. The molecule has 0 bridgehead atoms. The summed E-state index contributed by atoms with van der Waals surface area (Å²) >= 11 is 0. The van der Waals surface area contributed by atoms with E-state index in [1.807, 2.05) is 0 Å². The van der Waals surface area contributed by atoms with Crippen molar-refractivity contribution in [1.82, 2.24) is 0 Å². The number of carbonyl (C=O) groups excluding carboxylic acids is 2. The van der Waals surface area contributed by atoms with Crippen molar-refractivity contribution in [3.8, 4) is 5.75 Å². The number of carbonyl (C=O) groups is 2. The Hall–Kier alpha value is -2.12. The fraction of sp³-hybridized carbons (Fsp3) is 0.429. The van der Waals surface area contributed by atoms with E-state index >= 15 is 0 Å². The summed E-state index contributed by atoms with van der Waals surface area (Å²) in [6, 6.07) is 4.54. The summed E-state index contributed by atoms with van der Waals surface area (Å²) in [5.74, 6) is -0.443. The molecule has 1 aromatic carbocycles. The molecule has 0 unspecified atom stereocenters. The number of ether oxygens (including phenoxy) is 2. The van der Waals surface area contributed by atoms with Crippen molar-refractivity contribution in [3.63, 3.8) is 0 Å². The maximum absolute atomic E-state index is 11.7. The van der Waals surface area contributed by atoms with E-state index in [-0.39, 0.29) is 38.7 Å². The molecule has 1 rings (SSSR count). The van der Waals surface area contributed by atoms with Crippen molar-refractivity contribution in [2.24, 2.45) is 5.73 Å².